The van der Waals surface area contributed by atoms with E-state index in [2.05, 4.69) is 30.7 Å². The summed E-state index contributed by atoms with van der Waals surface area (Å²) < 4.78 is 0. The molecule has 1 aromatic carbocycles. The first-order chi connectivity index (χ1) is 9.47. The zero-order valence-corrected chi connectivity index (χ0v) is 12.5. The topological polar surface area (TPSA) is 43.8 Å². The minimum atomic E-state index is -0.856. The van der Waals surface area contributed by atoms with Crippen molar-refractivity contribution >= 4 is 5.97 Å². The summed E-state index contributed by atoms with van der Waals surface area (Å²) in [5.74, 6) is -0.258. The van der Waals surface area contributed by atoms with Gasteiger partial charge in [0.15, 0.2) is 0 Å². The molecule has 2 rings (SSSR count). The molecule has 1 heterocycles. The minimum Gasteiger partial charge on any atom is -0.478 e. The molecular weight excluding hydrogens is 252 g/mol. The highest BCUT2D eigenvalue weighted by atomic mass is 16.4. The highest BCUT2D eigenvalue weighted by Crippen LogP contribution is 2.19. The monoisotopic (exact) mass is 276 g/mol. The molecule has 1 aliphatic rings. The number of piperazine rings is 1. The van der Waals surface area contributed by atoms with Crippen LogP contribution in [0.15, 0.2) is 24.3 Å². The highest BCUT2D eigenvalue weighted by molar-refractivity contribution is 5.87. The average molecular weight is 276 g/mol. The normalized spacial score (nSPS) is 21.3. The predicted octanol–water partition coefficient (Wildman–Crippen LogP) is 2.16. The number of benzene rings is 1. The van der Waals surface area contributed by atoms with E-state index in [1.807, 2.05) is 12.1 Å². The molecular formula is C16H24N2O2. The van der Waals surface area contributed by atoms with Crippen LogP contribution < -0.4 is 0 Å². The fourth-order valence-electron chi connectivity index (χ4n) is 2.86. The molecule has 110 valence electrons. The minimum absolute atomic E-state index is 0.373. The smallest absolute Gasteiger partial charge is 0.335 e. The Hall–Kier alpha value is -1.39. The van der Waals surface area contributed by atoms with Crippen LogP contribution in [-0.2, 0) is 6.54 Å². The fraction of sp³-hybridized carbons (Fsp3) is 0.562. The summed E-state index contributed by atoms with van der Waals surface area (Å²) in [5, 5.41) is 9.07. The zero-order chi connectivity index (χ0) is 14.7. The van der Waals surface area contributed by atoms with Crippen LogP contribution in [0.4, 0.5) is 0 Å². The van der Waals surface area contributed by atoms with Crippen LogP contribution in [0.5, 0.6) is 0 Å². The largest absolute Gasteiger partial charge is 0.478 e. The second-order valence-corrected chi connectivity index (χ2v) is 6.05. The standard InChI is InChI=1S/C16H24N2O2/c1-12(2)15-11-17(3)7-8-18(15)10-13-5-4-6-14(9-13)16(19)20/h4-6,9,12,15H,7-8,10-11H2,1-3H3,(H,19,20). The van der Waals surface area contributed by atoms with E-state index >= 15 is 0 Å². The third kappa shape index (κ3) is 3.58. The van der Waals surface area contributed by atoms with Crippen molar-refractivity contribution in [3.63, 3.8) is 0 Å². The van der Waals surface area contributed by atoms with Gasteiger partial charge in [0.1, 0.15) is 0 Å². The molecule has 20 heavy (non-hydrogen) atoms. The number of likely N-dealkylation sites (N-methyl/N-ethyl adjacent to an activating group) is 1. The number of hydrogen-bond donors (Lipinski definition) is 1. The van der Waals surface area contributed by atoms with Gasteiger partial charge in [-0.25, -0.2) is 4.79 Å². The Balaban J connectivity index is 2.11. The molecule has 0 spiro atoms. The number of carboxylic acid groups (broad SMARTS) is 1. The summed E-state index contributed by atoms with van der Waals surface area (Å²) >= 11 is 0. The lowest BCUT2D eigenvalue weighted by Gasteiger charge is -2.42. The summed E-state index contributed by atoms with van der Waals surface area (Å²) in [6.45, 7) is 8.53. The van der Waals surface area contributed by atoms with Crippen molar-refractivity contribution in [3.8, 4) is 0 Å². The van der Waals surface area contributed by atoms with Gasteiger partial charge in [0, 0.05) is 32.2 Å². The lowest BCUT2D eigenvalue weighted by atomic mass is 9.98. The molecule has 1 aliphatic heterocycles. The van der Waals surface area contributed by atoms with Gasteiger partial charge in [0.25, 0.3) is 0 Å². The van der Waals surface area contributed by atoms with E-state index in [4.69, 9.17) is 5.11 Å². The summed E-state index contributed by atoms with van der Waals surface area (Å²) in [6.07, 6.45) is 0. The maximum absolute atomic E-state index is 11.0. The summed E-state index contributed by atoms with van der Waals surface area (Å²) in [5.41, 5.74) is 1.46. The maximum Gasteiger partial charge on any atom is 0.335 e. The van der Waals surface area contributed by atoms with E-state index in [0.29, 0.717) is 17.5 Å². The van der Waals surface area contributed by atoms with E-state index in [1.165, 1.54) is 0 Å². The molecule has 4 nitrogen and oxygen atoms in total. The maximum atomic E-state index is 11.0. The average Bonchev–Trinajstić information content (AvgIpc) is 2.41. The second kappa shape index (κ2) is 6.37. The summed E-state index contributed by atoms with van der Waals surface area (Å²) in [6, 6.07) is 7.82. The van der Waals surface area contributed by atoms with Crippen molar-refractivity contribution in [2.45, 2.75) is 26.4 Å². The van der Waals surface area contributed by atoms with E-state index in [0.717, 1.165) is 31.7 Å². The van der Waals surface area contributed by atoms with Crippen molar-refractivity contribution < 1.29 is 9.90 Å². The Labute approximate surface area is 121 Å². The van der Waals surface area contributed by atoms with E-state index < -0.39 is 5.97 Å². The number of aromatic carboxylic acids is 1. The first-order valence-electron chi connectivity index (χ1n) is 7.22. The predicted molar refractivity (Wildman–Crippen MR) is 79.9 cm³/mol. The molecule has 0 radical (unpaired) electrons. The van der Waals surface area contributed by atoms with E-state index in [-0.39, 0.29) is 0 Å². The molecule has 1 N–H and O–H groups in total. The van der Waals surface area contributed by atoms with Crippen LogP contribution in [0.3, 0.4) is 0 Å². The number of hydrogen-bond acceptors (Lipinski definition) is 3. The second-order valence-electron chi connectivity index (χ2n) is 6.05. The Kier molecular flexibility index (Phi) is 4.78. The van der Waals surface area contributed by atoms with Crippen LogP contribution in [-0.4, -0.2) is 53.6 Å². The summed E-state index contributed by atoms with van der Waals surface area (Å²) in [7, 11) is 2.16. The van der Waals surface area contributed by atoms with E-state index in [9.17, 15) is 4.79 Å². The van der Waals surface area contributed by atoms with Gasteiger partial charge in [-0.3, -0.25) is 4.90 Å². The molecule has 0 aromatic heterocycles. The van der Waals surface area contributed by atoms with Gasteiger partial charge in [-0.15, -0.1) is 0 Å². The van der Waals surface area contributed by atoms with Crippen molar-refractivity contribution in [1.29, 1.82) is 0 Å². The molecule has 1 unspecified atom stereocenters. The molecule has 0 aliphatic carbocycles. The Morgan fingerprint density at radius 1 is 1.40 bits per heavy atom. The number of carbonyl (C=O) groups is 1. The molecule has 0 amide bonds. The highest BCUT2D eigenvalue weighted by Gasteiger charge is 2.27. The van der Waals surface area contributed by atoms with Gasteiger partial charge in [-0.05, 0) is 30.7 Å². The van der Waals surface area contributed by atoms with Crippen LogP contribution in [0.2, 0.25) is 0 Å². The van der Waals surface area contributed by atoms with Gasteiger partial charge in [-0.2, -0.15) is 0 Å². The lowest BCUT2D eigenvalue weighted by molar-refractivity contribution is 0.0570. The molecule has 1 atom stereocenters. The molecule has 1 saturated heterocycles. The zero-order valence-electron chi connectivity index (χ0n) is 12.5. The van der Waals surface area contributed by atoms with Gasteiger partial charge >= 0.3 is 5.97 Å². The first kappa shape index (κ1) is 15.0. The lowest BCUT2D eigenvalue weighted by Crippen LogP contribution is -2.53. The number of carboxylic acids is 1. The molecule has 0 bridgehead atoms. The molecule has 0 saturated carbocycles. The Bertz CT molecular complexity index is 473. The third-order valence-corrected chi connectivity index (χ3v) is 4.07. The quantitative estimate of drug-likeness (QED) is 0.915. The van der Waals surface area contributed by atoms with Crippen molar-refractivity contribution in [2.75, 3.05) is 26.7 Å². The summed E-state index contributed by atoms with van der Waals surface area (Å²) in [4.78, 5) is 15.9. The SMILES string of the molecule is CC(C)C1CN(C)CCN1Cc1cccc(C(=O)O)c1. The van der Waals surface area contributed by atoms with E-state index in [1.54, 1.807) is 12.1 Å². The van der Waals surface area contributed by atoms with Crippen molar-refractivity contribution in [3.05, 3.63) is 35.4 Å². The van der Waals surface area contributed by atoms with Crippen LogP contribution in [0.25, 0.3) is 0 Å². The third-order valence-electron chi connectivity index (χ3n) is 4.07. The van der Waals surface area contributed by atoms with Crippen LogP contribution >= 0.6 is 0 Å². The Morgan fingerprint density at radius 3 is 2.80 bits per heavy atom. The number of rotatable bonds is 4. The van der Waals surface area contributed by atoms with Gasteiger partial charge in [0.05, 0.1) is 5.56 Å². The van der Waals surface area contributed by atoms with Crippen LogP contribution in [0.1, 0.15) is 29.8 Å². The molecule has 1 fully saturated rings. The van der Waals surface area contributed by atoms with Gasteiger partial charge < -0.3 is 10.0 Å². The number of nitrogens with zero attached hydrogens (tertiary/aromatic N) is 2. The van der Waals surface area contributed by atoms with Gasteiger partial charge in [-0.1, -0.05) is 26.0 Å². The fourth-order valence-corrected chi connectivity index (χ4v) is 2.86. The molecule has 4 heteroatoms. The molecule has 1 aromatic rings. The van der Waals surface area contributed by atoms with Crippen LogP contribution in [0, 0.1) is 5.92 Å². The van der Waals surface area contributed by atoms with Gasteiger partial charge in [0.2, 0.25) is 0 Å². The van der Waals surface area contributed by atoms with Crippen molar-refractivity contribution in [2.24, 2.45) is 5.92 Å². The first-order valence-corrected chi connectivity index (χ1v) is 7.22. The Morgan fingerprint density at radius 2 is 2.15 bits per heavy atom. The van der Waals surface area contributed by atoms with Crippen molar-refractivity contribution in [1.82, 2.24) is 9.80 Å².